The fraction of sp³-hybridized carbons (Fsp3) is 0.833. The minimum Gasteiger partial charge on any atom is -0.544 e. The molecule has 5 heteroatoms. The van der Waals surface area contributed by atoms with Gasteiger partial charge in [-0.1, -0.05) is 83.5 Å². The normalized spacial score (nSPS) is 14.0. The molecule has 0 spiro atoms. The number of unbranched alkanes of at least 4 members (excludes halogenated alkanes) is 11. The molecule has 0 atom stereocenters. The number of nitrogens with zero attached hydrogens (tertiary/aromatic N) is 2. The molecule has 1 aliphatic heterocycles. The van der Waals surface area contributed by atoms with Gasteiger partial charge in [-0.25, -0.2) is 4.58 Å². The topological polar surface area (TPSA) is 58.4 Å². The van der Waals surface area contributed by atoms with Crippen LogP contribution in [0.5, 0.6) is 0 Å². The number of carboxylic acid groups (broad SMARTS) is 1. The lowest BCUT2D eigenvalue weighted by Gasteiger charge is -2.18. The van der Waals surface area contributed by atoms with E-state index in [0.717, 1.165) is 26.2 Å². The van der Waals surface area contributed by atoms with Gasteiger partial charge >= 0.3 is 0 Å². The molecule has 29 heavy (non-hydrogen) atoms. The smallest absolute Gasteiger partial charge is 0.182 e. The Hall–Kier alpha value is -1.54. The molecule has 0 saturated carbocycles. The van der Waals surface area contributed by atoms with Crippen LogP contribution in [0.1, 0.15) is 90.4 Å². The Morgan fingerprint density at radius 3 is 2.24 bits per heavy atom. The summed E-state index contributed by atoms with van der Waals surface area (Å²) in [6.45, 7) is 6.55. The molecule has 5 nitrogen and oxygen atoms in total. The fourth-order valence-corrected chi connectivity index (χ4v) is 3.64. The number of aliphatic carboxylic acids is 1. The number of carbonyl (C=O) groups excluding carboxylic acids is 1. The summed E-state index contributed by atoms with van der Waals surface area (Å²) in [5.41, 5.74) is 0. The quantitative estimate of drug-likeness (QED) is 0.216. The molecule has 0 saturated heterocycles. The van der Waals surface area contributed by atoms with E-state index in [9.17, 15) is 9.90 Å². The van der Waals surface area contributed by atoms with Crippen LogP contribution in [0.25, 0.3) is 0 Å². The summed E-state index contributed by atoms with van der Waals surface area (Å²) in [5.74, 6) is 2.04. The predicted molar refractivity (Wildman–Crippen MR) is 119 cm³/mol. The summed E-state index contributed by atoms with van der Waals surface area (Å²) in [4.78, 5) is 12.8. The van der Waals surface area contributed by atoms with Crippen LogP contribution in [0.15, 0.2) is 0 Å². The Labute approximate surface area is 178 Å². The van der Waals surface area contributed by atoms with E-state index in [0.29, 0.717) is 13.0 Å². The van der Waals surface area contributed by atoms with Crippen molar-refractivity contribution in [3.63, 3.8) is 0 Å². The average molecular weight is 406 g/mol. The highest BCUT2D eigenvalue weighted by atomic mass is 16.4. The third kappa shape index (κ3) is 16.0. The van der Waals surface area contributed by atoms with Gasteiger partial charge in [-0.05, 0) is 13.0 Å². The molecule has 0 aromatic heterocycles. The third-order valence-electron chi connectivity index (χ3n) is 5.44. The van der Waals surface area contributed by atoms with Crippen LogP contribution in [0.4, 0.5) is 0 Å². The van der Waals surface area contributed by atoms with Crippen LogP contribution in [0.3, 0.4) is 0 Å². The van der Waals surface area contributed by atoms with Crippen molar-refractivity contribution >= 4 is 12.2 Å². The van der Waals surface area contributed by atoms with E-state index in [1.165, 1.54) is 77.0 Å². The van der Waals surface area contributed by atoms with Crippen LogP contribution in [0.2, 0.25) is 0 Å². The zero-order valence-corrected chi connectivity index (χ0v) is 18.7. The van der Waals surface area contributed by atoms with Crippen LogP contribution in [0, 0.1) is 12.0 Å². The molecule has 0 fully saturated rings. The Bertz CT molecular complexity index is 508. The molecule has 1 rings (SSSR count). The second-order valence-electron chi connectivity index (χ2n) is 8.14. The number of rotatable bonds is 18. The van der Waals surface area contributed by atoms with E-state index in [1.54, 1.807) is 4.58 Å². The number of carbonyl (C=O) groups is 1. The first kappa shape index (κ1) is 25.5. The standard InChI is InChI=1S/C24H43N3O2/c1-2-3-4-5-6-7-8-9-10-11-12-13-16-25-17-20-26-18-14-15-19-27(22-21-26)23-24(28)29/h19,25H,2-13,15-17,20-23H2,1H3. The molecule has 0 bridgehead atoms. The van der Waals surface area contributed by atoms with Gasteiger partial charge in [-0.15, -0.1) is 0 Å². The SMILES string of the molecule is CCCCCCCCCCCCCCNCCN1C#CCC=[N+](CC(=O)[O-])CC1. The van der Waals surface area contributed by atoms with E-state index in [4.69, 9.17) is 0 Å². The second kappa shape index (κ2) is 18.5. The number of carboxylic acids is 1. The van der Waals surface area contributed by atoms with E-state index in [2.05, 4.69) is 29.1 Å². The first-order valence-electron chi connectivity index (χ1n) is 11.9. The van der Waals surface area contributed by atoms with E-state index in [-0.39, 0.29) is 6.54 Å². The van der Waals surface area contributed by atoms with Crippen LogP contribution in [-0.4, -0.2) is 60.9 Å². The molecule has 1 heterocycles. The zero-order valence-electron chi connectivity index (χ0n) is 18.7. The van der Waals surface area contributed by atoms with E-state index in [1.807, 2.05) is 6.21 Å². The summed E-state index contributed by atoms with van der Waals surface area (Å²) in [7, 11) is 0. The van der Waals surface area contributed by atoms with Crippen molar-refractivity contribution in [2.24, 2.45) is 0 Å². The highest BCUT2D eigenvalue weighted by Crippen LogP contribution is 2.11. The van der Waals surface area contributed by atoms with Gasteiger partial charge in [0.05, 0.1) is 13.0 Å². The van der Waals surface area contributed by atoms with Gasteiger partial charge in [0.1, 0.15) is 5.97 Å². The first-order chi connectivity index (χ1) is 14.2. The van der Waals surface area contributed by atoms with Crippen LogP contribution >= 0.6 is 0 Å². The van der Waals surface area contributed by atoms with Crippen molar-refractivity contribution in [3.05, 3.63) is 0 Å². The molecule has 0 aromatic rings. The van der Waals surface area contributed by atoms with Gasteiger partial charge in [0, 0.05) is 19.1 Å². The lowest BCUT2D eigenvalue weighted by molar-refractivity contribution is -0.524. The Balaban J connectivity index is 1.89. The molecule has 0 aliphatic carbocycles. The Morgan fingerprint density at radius 1 is 1.00 bits per heavy atom. The van der Waals surface area contributed by atoms with Gasteiger partial charge in [-0.2, -0.15) is 0 Å². The first-order valence-corrected chi connectivity index (χ1v) is 11.9. The lowest BCUT2D eigenvalue weighted by Crippen LogP contribution is -2.38. The largest absolute Gasteiger partial charge is 0.544 e. The molecular formula is C24H43N3O2. The molecule has 1 N–H and O–H groups in total. The third-order valence-corrected chi connectivity index (χ3v) is 5.44. The van der Waals surface area contributed by atoms with Crippen molar-refractivity contribution in [2.45, 2.75) is 90.4 Å². The zero-order chi connectivity index (χ0) is 21.0. The highest BCUT2D eigenvalue weighted by Gasteiger charge is 2.09. The van der Waals surface area contributed by atoms with Crippen molar-refractivity contribution in [2.75, 3.05) is 39.3 Å². The monoisotopic (exact) mass is 405 g/mol. The number of hydrogen-bond donors (Lipinski definition) is 1. The van der Waals surface area contributed by atoms with Gasteiger partial charge < -0.3 is 20.1 Å². The van der Waals surface area contributed by atoms with Crippen LogP contribution < -0.4 is 10.4 Å². The van der Waals surface area contributed by atoms with Gasteiger partial charge in [0.25, 0.3) is 0 Å². The Kier molecular flexibility index (Phi) is 16.3. The van der Waals surface area contributed by atoms with Crippen LogP contribution in [-0.2, 0) is 4.79 Å². The maximum absolute atomic E-state index is 10.7. The van der Waals surface area contributed by atoms with Crippen molar-refractivity contribution in [1.29, 1.82) is 0 Å². The van der Waals surface area contributed by atoms with E-state index >= 15 is 0 Å². The van der Waals surface area contributed by atoms with Gasteiger partial charge in [-0.3, -0.25) is 0 Å². The molecule has 166 valence electrons. The number of nitrogens with one attached hydrogen (secondary N) is 1. The van der Waals surface area contributed by atoms with Gasteiger partial charge in [0.15, 0.2) is 19.3 Å². The minimum absolute atomic E-state index is 0.0489. The fourth-order valence-electron chi connectivity index (χ4n) is 3.64. The summed E-state index contributed by atoms with van der Waals surface area (Å²) >= 11 is 0. The maximum Gasteiger partial charge on any atom is 0.182 e. The molecule has 0 amide bonds. The number of hydrogen-bond acceptors (Lipinski definition) is 4. The van der Waals surface area contributed by atoms with E-state index < -0.39 is 5.97 Å². The van der Waals surface area contributed by atoms with Crippen molar-refractivity contribution in [3.8, 4) is 12.0 Å². The summed E-state index contributed by atoms with van der Waals surface area (Å²) in [6, 6.07) is 3.17. The van der Waals surface area contributed by atoms with Crippen molar-refractivity contribution in [1.82, 2.24) is 10.2 Å². The second-order valence-corrected chi connectivity index (χ2v) is 8.14. The predicted octanol–water partition coefficient (Wildman–Crippen LogP) is 2.78. The summed E-state index contributed by atoms with van der Waals surface area (Å²) in [5, 5.41) is 14.3. The molecule has 0 aromatic carbocycles. The van der Waals surface area contributed by atoms with Gasteiger partial charge in [0.2, 0.25) is 0 Å². The minimum atomic E-state index is -1.04. The summed E-state index contributed by atoms with van der Waals surface area (Å²) in [6.07, 6.45) is 19.0. The maximum atomic E-state index is 10.7. The average Bonchev–Trinajstić information content (AvgIpc) is 2.68. The lowest BCUT2D eigenvalue weighted by atomic mass is 10.1. The van der Waals surface area contributed by atoms with Crippen molar-refractivity contribution < 1.29 is 14.5 Å². The molecule has 0 unspecified atom stereocenters. The summed E-state index contributed by atoms with van der Waals surface area (Å²) < 4.78 is 1.79. The molecule has 0 radical (unpaired) electrons. The highest BCUT2D eigenvalue weighted by molar-refractivity contribution is 5.66. The molecule has 1 aliphatic rings. The Morgan fingerprint density at radius 2 is 1.62 bits per heavy atom. The molecular weight excluding hydrogens is 362 g/mol.